The highest BCUT2D eigenvalue weighted by Crippen LogP contribution is 2.19. The Balaban J connectivity index is 1.49. The number of amides is 1. The van der Waals surface area contributed by atoms with Crippen LogP contribution in [0.4, 0.5) is 5.82 Å². The van der Waals surface area contributed by atoms with Crippen molar-refractivity contribution in [2.24, 2.45) is 7.05 Å². The van der Waals surface area contributed by atoms with Crippen molar-refractivity contribution in [2.45, 2.75) is 19.8 Å². The van der Waals surface area contributed by atoms with Crippen LogP contribution in [0.1, 0.15) is 24.1 Å². The van der Waals surface area contributed by atoms with Crippen LogP contribution in [0.2, 0.25) is 0 Å². The molecule has 1 aromatic carbocycles. The van der Waals surface area contributed by atoms with Crippen molar-refractivity contribution in [3.63, 3.8) is 0 Å². The summed E-state index contributed by atoms with van der Waals surface area (Å²) in [5.74, 6) is 0.771. The molecule has 24 heavy (non-hydrogen) atoms. The number of carbonyl (C=O) groups is 1. The van der Waals surface area contributed by atoms with Crippen LogP contribution >= 0.6 is 0 Å². The van der Waals surface area contributed by atoms with E-state index >= 15 is 0 Å². The van der Waals surface area contributed by atoms with Crippen molar-refractivity contribution >= 4 is 17.8 Å². The van der Waals surface area contributed by atoms with Crippen LogP contribution in [0.25, 0.3) is 6.08 Å². The number of carbonyl (C=O) groups excluding carboxylic acids is 1. The molecule has 1 aliphatic rings. The minimum Gasteiger partial charge on any atom is -0.310 e. The summed E-state index contributed by atoms with van der Waals surface area (Å²) in [5, 5.41) is 7.18. The van der Waals surface area contributed by atoms with Gasteiger partial charge in [-0.05, 0) is 25.3 Å². The topological polar surface area (TPSA) is 50.2 Å². The Morgan fingerprint density at radius 1 is 1.25 bits per heavy atom. The van der Waals surface area contributed by atoms with E-state index in [1.54, 1.807) is 4.68 Å². The molecule has 0 saturated carbocycles. The van der Waals surface area contributed by atoms with Crippen molar-refractivity contribution in [1.29, 1.82) is 0 Å². The summed E-state index contributed by atoms with van der Waals surface area (Å²) >= 11 is 0. The van der Waals surface area contributed by atoms with Crippen LogP contribution in [0.5, 0.6) is 0 Å². The molecule has 5 heteroatoms. The second kappa shape index (κ2) is 7.45. The Bertz CT molecular complexity index is 723. The van der Waals surface area contributed by atoms with Crippen molar-refractivity contribution in [2.75, 3.05) is 25.0 Å². The quantitative estimate of drug-likeness (QED) is 0.941. The van der Waals surface area contributed by atoms with Gasteiger partial charge in [0.15, 0.2) is 0 Å². The summed E-state index contributed by atoms with van der Waals surface area (Å²) in [5.41, 5.74) is 3.62. The third-order valence-corrected chi connectivity index (χ3v) is 4.31. The van der Waals surface area contributed by atoms with Crippen molar-refractivity contribution < 1.29 is 4.79 Å². The summed E-state index contributed by atoms with van der Waals surface area (Å²) in [4.78, 5) is 14.4. The highest BCUT2D eigenvalue weighted by atomic mass is 16.2. The molecule has 0 aliphatic carbocycles. The lowest BCUT2D eigenvalue weighted by molar-refractivity contribution is -0.117. The Hall–Kier alpha value is -2.40. The largest absolute Gasteiger partial charge is 0.310 e. The van der Waals surface area contributed by atoms with Crippen LogP contribution < -0.4 is 5.32 Å². The standard InChI is InChI=1S/C19H24N4O/c1-15-12-18(22(2)21-15)20-19(24)14-23-10-8-17(9-11-23)13-16-6-4-3-5-7-16/h3-7,12-13H,8-11,14H2,1-2H3,(H,20,24). The first-order valence-corrected chi connectivity index (χ1v) is 8.37. The molecular weight excluding hydrogens is 300 g/mol. The van der Waals surface area contributed by atoms with Gasteiger partial charge in [-0.2, -0.15) is 5.10 Å². The Morgan fingerprint density at radius 2 is 1.96 bits per heavy atom. The number of rotatable bonds is 4. The lowest BCUT2D eigenvalue weighted by Gasteiger charge is -2.27. The van der Waals surface area contributed by atoms with Gasteiger partial charge in [-0.3, -0.25) is 14.4 Å². The van der Waals surface area contributed by atoms with Gasteiger partial charge in [-0.15, -0.1) is 0 Å². The fraction of sp³-hybridized carbons (Fsp3) is 0.368. The number of anilines is 1. The molecule has 1 amide bonds. The smallest absolute Gasteiger partial charge is 0.239 e. The number of aryl methyl sites for hydroxylation is 2. The highest BCUT2D eigenvalue weighted by Gasteiger charge is 2.17. The predicted octanol–water partition coefficient (Wildman–Crippen LogP) is 2.85. The maximum absolute atomic E-state index is 12.2. The number of likely N-dealkylation sites (tertiary alicyclic amines) is 1. The molecular formula is C19H24N4O. The third-order valence-electron chi connectivity index (χ3n) is 4.31. The minimum atomic E-state index is 0.0217. The van der Waals surface area contributed by atoms with E-state index in [1.807, 2.05) is 26.1 Å². The number of piperidine rings is 1. The van der Waals surface area contributed by atoms with Gasteiger partial charge in [-0.1, -0.05) is 42.0 Å². The fourth-order valence-electron chi connectivity index (χ4n) is 3.04. The Morgan fingerprint density at radius 3 is 2.58 bits per heavy atom. The monoisotopic (exact) mass is 324 g/mol. The lowest BCUT2D eigenvalue weighted by Crippen LogP contribution is -2.37. The third kappa shape index (κ3) is 4.32. The van der Waals surface area contributed by atoms with E-state index in [-0.39, 0.29) is 5.91 Å². The fourth-order valence-corrected chi connectivity index (χ4v) is 3.04. The number of nitrogens with zero attached hydrogens (tertiary/aromatic N) is 3. The van der Waals surface area contributed by atoms with Crippen LogP contribution in [-0.4, -0.2) is 40.2 Å². The van der Waals surface area contributed by atoms with Crippen LogP contribution in [0.3, 0.4) is 0 Å². The summed E-state index contributed by atoms with van der Waals surface area (Å²) in [7, 11) is 1.84. The second-order valence-electron chi connectivity index (χ2n) is 6.33. The first kappa shape index (κ1) is 16.5. The first-order chi connectivity index (χ1) is 11.6. The molecule has 1 aromatic heterocycles. The molecule has 3 rings (SSSR count). The normalized spacial score (nSPS) is 15.3. The molecule has 0 spiro atoms. The maximum atomic E-state index is 12.2. The average Bonchev–Trinajstić information content (AvgIpc) is 2.87. The average molecular weight is 324 g/mol. The van der Waals surface area contributed by atoms with Gasteiger partial charge in [0.2, 0.25) is 5.91 Å². The maximum Gasteiger partial charge on any atom is 0.239 e. The van der Waals surface area contributed by atoms with Gasteiger partial charge in [0.25, 0.3) is 0 Å². The zero-order valence-electron chi connectivity index (χ0n) is 14.3. The van der Waals surface area contributed by atoms with E-state index in [4.69, 9.17) is 0 Å². The second-order valence-corrected chi connectivity index (χ2v) is 6.33. The molecule has 0 atom stereocenters. The molecule has 0 radical (unpaired) electrons. The molecule has 2 aromatic rings. The molecule has 1 aliphatic heterocycles. The van der Waals surface area contributed by atoms with Gasteiger partial charge >= 0.3 is 0 Å². The first-order valence-electron chi connectivity index (χ1n) is 8.37. The molecule has 1 saturated heterocycles. The molecule has 0 unspecified atom stereocenters. The zero-order valence-corrected chi connectivity index (χ0v) is 14.3. The van der Waals surface area contributed by atoms with Crippen LogP contribution in [-0.2, 0) is 11.8 Å². The SMILES string of the molecule is Cc1cc(NC(=O)CN2CCC(=Cc3ccccc3)CC2)n(C)n1. The Kier molecular flexibility index (Phi) is 5.11. The molecule has 5 nitrogen and oxygen atoms in total. The van der Waals surface area contributed by atoms with Crippen LogP contribution in [0.15, 0.2) is 42.0 Å². The highest BCUT2D eigenvalue weighted by molar-refractivity contribution is 5.91. The molecule has 1 N–H and O–H groups in total. The van der Waals surface area contributed by atoms with E-state index in [2.05, 4.69) is 45.7 Å². The van der Waals surface area contributed by atoms with E-state index in [0.29, 0.717) is 6.54 Å². The molecule has 0 bridgehead atoms. The predicted molar refractivity (Wildman–Crippen MR) is 96.7 cm³/mol. The minimum absolute atomic E-state index is 0.0217. The molecule has 1 fully saturated rings. The van der Waals surface area contributed by atoms with Crippen molar-refractivity contribution in [1.82, 2.24) is 14.7 Å². The van der Waals surface area contributed by atoms with E-state index in [9.17, 15) is 4.79 Å². The van der Waals surface area contributed by atoms with Gasteiger partial charge in [0.1, 0.15) is 5.82 Å². The van der Waals surface area contributed by atoms with Crippen molar-refractivity contribution in [3.8, 4) is 0 Å². The van der Waals surface area contributed by atoms with Gasteiger partial charge < -0.3 is 5.32 Å². The van der Waals surface area contributed by atoms with Gasteiger partial charge in [0, 0.05) is 26.2 Å². The summed E-state index contributed by atoms with van der Waals surface area (Å²) in [6.07, 6.45) is 4.32. The van der Waals surface area contributed by atoms with Crippen molar-refractivity contribution in [3.05, 3.63) is 53.2 Å². The number of aromatic nitrogens is 2. The Labute approximate surface area is 143 Å². The van der Waals surface area contributed by atoms with E-state index in [1.165, 1.54) is 11.1 Å². The zero-order chi connectivity index (χ0) is 16.9. The summed E-state index contributed by atoms with van der Waals surface area (Å²) in [6, 6.07) is 12.3. The lowest BCUT2D eigenvalue weighted by atomic mass is 10.0. The van der Waals surface area contributed by atoms with E-state index < -0.39 is 0 Å². The number of benzene rings is 1. The molecule has 126 valence electrons. The summed E-state index contributed by atoms with van der Waals surface area (Å²) < 4.78 is 1.70. The number of hydrogen-bond donors (Lipinski definition) is 1. The van der Waals surface area contributed by atoms with Gasteiger partial charge in [0.05, 0.1) is 12.2 Å². The van der Waals surface area contributed by atoms with E-state index in [0.717, 1.165) is 37.4 Å². The van der Waals surface area contributed by atoms with Crippen LogP contribution in [0, 0.1) is 6.92 Å². The summed E-state index contributed by atoms with van der Waals surface area (Å²) in [6.45, 7) is 4.21. The van der Waals surface area contributed by atoms with Gasteiger partial charge in [-0.25, -0.2) is 0 Å². The number of hydrogen-bond acceptors (Lipinski definition) is 3. The molecule has 2 heterocycles. The number of nitrogens with one attached hydrogen (secondary N) is 1.